The smallest absolute Gasteiger partial charge is 0.260 e. The van der Waals surface area contributed by atoms with Gasteiger partial charge in [-0.3, -0.25) is 4.79 Å². The zero-order valence-corrected chi connectivity index (χ0v) is 17.1. The molecule has 0 saturated heterocycles. The third-order valence-corrected chi connectivity index (χ3v) is 4.93. The highest BCUT2D eigenvalue weighted by molar-refractivity contribution is 6.32. The van der Waals surface area contributed by atoms with Gasteiger partial charge in [-0.2, -0.15) is 0 Å². The van der Waals surface area contributed by atoms with Crippen LogP contribution in [0.4, 0.5) is 0 Å². The first-order chi connectivity index (χ1) is 13.3. The van der Waals surface area contributed by atoms with Gasteiger partial charge in [-0.05, 0) is 56.2 Å². The molecule has 1 heterocycles. The summed E-state index contributed by atoms with van der Waals surface area (Å²) in [6, 6.07) is 11.4. The van der Waals surface area contributed by atoms with Crippen LogP contribution in [0.3, 0.4) is 0 Å². The Kier molecular flexibility index (Phi) is 5.99. The number of aryl methyl sites for hydroxylation is 3. The Morgan fingerprint density at radius 3 is 2.39 bits per heavy atom. The van der Waals surface area contributed by atoms with Gasteiger partial charge in [0.1, 0.15) is 5.75 Å². The van der Waals surface area contributed by atoms with Gasteiger partial charge >= 0.3 is 0 Å². The summed E-state index contributed by atoms with van der Waals surface area (Å²) >= 11 is 6.15. The molecule has 0 bridgehead atoms. The first kappa shape index (κ1) is 19.9. The standard InChI is InChI=1S/C21H22ClN3O3/c1-13-5-7-16(8-6-13)21-24-23-18(28-21)11-25(4)19(26)12-27-17-9-14(2)20(22)15(3)10-17/h5-10H,11-12H2,1-4H3. The highest BCUT2D eigenvalue weighted by Crippen LogP contribution is 2.26. The van der Waals surface area contributed by atoms with Crippen LogP contribution < -0.4 is 4.74 Å². The lowest BCUT2D eigenvalue weighted by Crippen LogP contribution is -2.31. The lowest BCUT2D eigenvalue weighted by Gasteiger charge is -2.16. The van der Waals surface area contributed by atoms with Gasteiger partial charge in [0.2, 0.25) is 11.8 Å². The fraction of sp³-hybridized carbons (Fsp3) is 0.286. The van der Waals surface area contributed by atoms with Crippen molar-refractivity contribution in [2.45, 2.75) is 27.3 Å². The van der Waals surface area contributed by atoms with Crippen molar-refractivity contribution >= 4 is 17.5 Å². The summed E-state index contributed by atoms with van der Waals surface area (Å²) in [5.41, 5.74) is 3.81. The molecule has 28 heavy (non-hydrogen) atoms. The van der Waals surface area contributed by atoms with E-state index in [-0.39, 0.29) is 19.1 Å². The first-order valence-corrected chi connectivity index (χ1v) is 9.24. The van der Waals surface area contributed by atoms with E-state index in [1.807, 2.05) is 57.2 Å². The molecule has 3 aromatic rings. The minimum atomic E-state index is -0.194. The van der Waals surface area contributed by atoms with Crippen LogP contribution in [0.15, 0.2) is 40.8 Å². The highest BCUT2D eigenvalue weighted by Gasteiger charge is 2.15. The Balaban J connectivity index is 1.58. The topological polar surface area (TPSA) is 68.5 Å². The number of rotatable bonds is 6. The molecule has 1 aromatic heterocycles. The van der Waals surface area contributed by atoms with Gasteiger partial charge in [-0.25, -0.2) is 0 Å². The molecule has 0 spiro atoms. The molecule has 146 valence electrons. The maximum atomic E-state index is 12.4. The molecule has 0 aliphatic carbocycles. The van der Waals surface area contributed by atoms with E-state index in [1.165, 1.54) is 4.90 Å². The van der Waals surface area contributed by atoms with Crippen LogP contribution in [-0.4, -0.2) is 34.7 Å². The van der Waals surface area contributed by atoms with Crippen LogP contribution in [-0.2, 0) is 11.3 Å². The summed E-state index contributed by atoms with van der Waals surface area (Å²) in [6.07, 6.45) is 0. The van der Waals surface area contributed by atoms with E-state index in [9.17, 15) is 4.79 Å². The van der Waals surface area contributed by atoms with E-state index in [1.54, 1.807) is 7.05 Å². The average molecular weight is 400 g/mol. The highest BCUT2D eigenvalue weighted by atomic mass is 35.5. The number of aromatic nitrogens is 2. The number of carbonyl (C=O) groups is 1. The minimum absolute atomic E-state index is 0.0873. The number of carbonyl (C=O) groups excluding carboxylic acids is 1. The summed E-state index contributed by atoms with van der Waals surface area (Å²) in [7, 11) is 1.67. The largest absolute Gasteiger partial charge is 0.484 e. The van der Waals surface area contributed by atoms with Crippen molar-refractivity contribution in [3.05, 3.63) is 64.0 Å². The predicted molar refractivity (Wildman–Crippen MR) is 107 cm³/mol. The van der Waals surface area contributed by atoms with Crippen LogP contribution >= 0.6 is 11.6 Å². The molecule has 0 fully saturated rings. The fourth-order valence-electron chi connectivity index (χ4n) is 2.67. The number of benzene rings is 2. The molecule has 0 aliphatic rings. The summed E-state index contributed by atoms with van der Waals surface area (Å²) < 4.78 is 11.3. The molecule has 3 rings (SSSR count). The molecule has 0 radical (unpaired) electrons. The van der Waals surface area contributed by atoms with E-state index < -0.39 is 0 Å². The second-order valence-corrected chi connectivity index (χ2v) is 7.15. The van der Waals surface area contributed by atoms with Gasteiger partial charge in [0.15, 0.2) is 6.61 Å². The lowest BCUT2D eigenvalue weighted by molar-refractivity contribution is -0.132. The molecule has 6 nitrogen and oxygen atoms in total. The van der Waals surface area contributed by atoms with Crippen LogP contribution in [0.1, 0.15) is 22.6 Å². The van der Waals surface area contributed by atoms with Crippen molar-refractivity contribution in [3.8, 4) is 17.2 Å². The van der Waals surface area contributed by atoms with E-state index in [2.05, 4.69) is 10.2 Å². The Bertz CT molecular complexity index is 960. The molecule has 0 N–H and O–H groups in total. The molecule has 2 aromatic carbocycles. The van der Waals surface area contributed by atoms with Gasteiger partial charge in [0.25, 0.3) is 5.91 Å². The Morgan fingerprint density at radius 1 is 1.11 bits per heavy atom. The van der Waals surface area contributed by atoms with Gasteiger partial charge in [0, 0.05) is 17.6 Å². The molecule has 0 unspecified atom stereocenters. The maximum absolute atomic E-state index is 12.4. The van der Waals surface area contributed by atoms with Crippen LogP contribution in [0.2, 0.25) is 5.02 Å². The first-order valence-electron chi connectivity index (χ1n) is 8.86. The molecule has 0 saturated carbocycles. The zero-order valence-electron chi connectivity index (χ0n) is 16.3. The van der Waals surface area contributed by atoms with Gasteiger partial charge in [0.05, 0.1) is 6.54 Å². The predicted octanol–water partition coefficient (Wildman–Crippen LogP) is 4.35. The molecule has 1 amide bonds. The van der Waals surface area contributed by atoms with Gasteiger partial charge in [-0.1, -0.05) is 29.3 Å². The summed E-state index contributed by atoms with van der Waals surface area (Å²) in [5.74, 6) is 1.21. The van der Waals surface area contributed by atoms with E-state index >= 15 is 0 Å². The Labute approximate surface area is 169 Å². The molecule has 0 atom stereocenters. The summed E-state index contributed by atoms with van der Waals surface area (Å²) in [4.78, 5) is 13.8. The third kappa shape index (κ3) is 4.70. The van der Waals surface area contributed by atoms with Crippen LogP contribution in [0, 0.1) is 20.8 Å². The minimum Gasteiger partial charge on any atom is -0.484 e. The number of hydrogen-bond donors (Lipinski definition) is 0. The third-order valence-electron chi connectivity index (χ3n) is 4.34. The fourth-order valence-corrected chi connectivity index (χ4v) is 2.78. The number of likely N-dealkylation sites (N-methyl/N-ethyl adjacent to an activating group) is 1. The van der Waals surface area contributed by atoms with Crippen molar-refractivity contribution in [2.75, 3.05) is 13.7 Å². The SMILES string of the molecule is Cc1ccc(-c2nnc(CN(C)C(=O)COc3cc(C)c(Cl)c(C)c3)o2)cc1. The normalized spacial score (nSPS) is 10.8. The van der Waals surface area contributed by atoms with E-state index in [4.69, 9.17) is 20.8 Å². The number of nitrogens with zero attached hydrogens (tertiary/aromatic N) is 3. The molecule has 0 aliphatic heterocycles. The summed E-state index contributed by atoms with van der Waals surface area (Å²) in [5, 5.41) is 8.78. The number of amides is 1. The van der Waals surface area contributed by atoms with Gasteiger partial charge < -0.3 is 14.1 Å². The van der Waals surface area contributed by atoms with Crippen molar-refractivity contribution in [1.29, 1.82) is 0 Å². The monoisotopic (exact) mass is 399 g/mol. The summed E-state index contributed by atoms with van der Waals surface area (Å²) in [6.45, 7) is 5.93. The average Bonchev–Trinajstić information content (AvgIpc) is 3.13. The van der Waals surface area contributed by atoms with Crippen molar-refractivity contribution in [2.24, 2.45) is 0 Å². The van der Waals surface area contributed by atoms with Crippen LogP contribution in [0.25, 0.3) is 11.5 Å². The van der Waals surface area contributed by atoms with Crippen molar-refractivity contribution in [1.82, 2.24) is 15.1 Å². The lowest BCUT2D eigenvalue weighted by atomic mass is 10.1. The van der Waals surface area contributed by atoms with Crippen molar-refractivity contribution < 1.29 is 13.9 Å². The quantitative estimate of drug-likeness (QED) is 0.616. The molecule has 7 heteroatoms. The van der Waals surface area contributed by atoms with E-state index in [0.29, 0.717) is 22.6 Å². The number of hydrogen-bond acceptors (Lipinski definition) is 5. The number of ether oxygens (including phenoxy) is 1. The molecular weight excluding hydrogens is 378 g/mol. The second kappa shape index (κ2) is 8.44. The Hall–Kier alpha value is -2.86. The van der Waals surface area contributed by atoms with E-state index in [0.717, 1.165) is 22.3 Å². The van der Waals surface area contributed by atoms with Crippen molar-refractivity contribution in [3.63, 3.8) is 0 Å². The Morgan fingerprint density at radius 2 is 1.75 bits per heavy atom. The molecular formula is C21H22ClN3O3. The van der Waals surface area contributed by atoms with Gasteiger partial charge in [-0.15, -0.1) is 10.2 Å². The zero-order chi connectivity index (χ0) is 20.3. The van der Waals surface area contributed by atoms with Crippen LogP contribution in [0.5, 0.6) is 5.75 Å². The second-order valence-electron chi connectivity index (χ2n) is 6.78. The maximum Gasteiger partial charge on any atom is 0.260 e. The number of halogens is 1.